The molecule has 0 saturated carbocycles. The van der Waals surface area contributed by atoms with Gasteiger partial charge in [0.1, 0.15) is 11.2 Å². The van der Waals surface area contributed by atoms with E-state index in [1.54, 1.807) is 0 Å². The quantitative estimate of drug-likeness (QED) is 0.301. The Morgan fingerprint density at radius 2 is 1.58 bits per heavy atom. The first-order valence-electron chi connectivity index (χ1n) is 10.9. The van der Waals surface area contributed by atoms with Crippen LogP contribution in [0.1, 0.15) is 39.2 Å². The van der Waals surface area contributed by atoms with E-state index in [9.17, 15) is 0 Å². The lowest BCUT2D eigenvalue weighted by atomic mass is 9.78. The topological polar surface area (TPSA) is 26.0 Å². The Hall–Kier alpha value is -3.39. The lowest BCUT2D eigenvalue weighted by molar-refractivity contribution is 0.339. The van der Waals surface area contributed by atoms with Gasteiger partial charge in [-0.15, -0.1) is 0 Å². The highest BCUT2D eigenvalue weighted by Crippen LogP contribution is 2.39. The number of pyridine rings is 1. The molecule has 0 N–H and O–H groups in total. The SMILES string of the molecule is CC(c1ccnc(-c2cccc3c2oc2cc(-c4ccccc4)ccc23)c1)C(C)(C)C. The highest BCUT2D eigenvalue weighted by Gasteiger charge is 2.22. The fourth-order valence-corrected chi connectivity index (χ4v) is 4.17. The molecule has 5 aromatic rings. The molecule has 2 nitrogen and oxygen atoms in total. The lowest BCUT2D eigenvalue weighted by Gasteiger charge is -2.27. The summed E-state index contributed by atoms with van der Waals surface area (Å²) in [5.41, 5.74) is 7.65. The molecule has 0 fully saturated rings. The normalized spacial score (nSPS) is 13.0. The summed E-state index contributed by atoms with van der Waals surface area (Å²) in [7, 11) is 0. The van der Waals surface area contributed by atoms with Gasteiger partial charge in [0.05, 0.1) is 5.69 Å². The van der Waals surface area contributed by atoms with Gasteiger partial charge in [0, 0.05) is 22.5 Å². The van der Waals surface area contributed by atoms with Gasteiger partial charge in [-0.25, -0.2) is 0 Å². The number of furan rings is 1. The molecule has 2 heteroatoms. The third-order valence-electron chi connectivity index (χ3n) is 6.46. The van der Waals surface area contributed by atoms with Crippen LogP contribution in [-0.4, -0.2) is 4.98 Å². The highest BCUT2D eigenvalue weighted by atomic mass is 16.3. The average molecular weight is 406 g/mol. The third-order valence-corrected chi connectivity index (χ3v) is 6.46. The van der Waals surface area contributed by atoms with E-state index in [1.165, 1.54) is 11.1 Å². The standard InChI is InChI=1S/C29H27NO/c1-19(29(2,3)4)21-15-16-30-26(17-21)25-12-8-11-24-23-14-13-22(18-27(23)31-28(24)25)20-9-6-5-7-10-20/h5-19H,1-4H3. The van der Waals surface area contributed by atoms with Crippen molar-refractivity contribution in [3.63, 3.8) is 0 Å². The number of fused-ring (bicyclic) bond motifs is 3. The number of hydrogen-bond acceptors (Lipinski definition) is 2. The van der Waals surface area contributed by atoms with Gasteiger partial charge in [-0.05, 0) is 58.4 Å². The zero-order chi connectivity index (χ0) is 21.6. The van der Waals surface area contributed by atoms with Crippen LogP contribution >= 0.6 is 0 Å². The minimum atomic E-state index is 0.192. The highest BCUT2D eigenvalue weighted by molar-refractivity contribution is 6.10. The Kier molecular flexibility index (Phi) is 4.66. The molecule has 0 bridgehead atoms. The maximum Gasteiger partial charge on any atom is 0.144 e. The minimum Gasteiger partial charge on any atom is -0.455 e. The van der Waals surface area contributed by atoms with E-state index in [0.717, 1.165) is 38.8 Å². The molecular weight excluding hydrogens is 378 g/mol. The largest absolute Gasteiger partial charge is 0.455 e. The van der Waals surface area contributed by atoms with Gasteiger partial charge in [-0.1, -0.05) is 76.2 Å². The van der Waals surface area contributed by atoms with E-state index >= 15 is 0 Å². The van der Waals surface area contributed by atoms with Crippen molar-refractivity contribution in [2.45, 2.75) is 33.6 Å². The van der Waals surface area contributed by atoms with Crippen molar-refractivity contribution in [3.8, 4) is 22.4 Å². The molecule has 0 aliphatic heterocycles. The Morgan fingerprint density at radius 1 is 0.774 bits per heavy atom. The van der Waals surface area contributed by atoms with Crippen LogP contribution in [0.2, 0.25) is 0 Å². The van der Waals surface area contributed by atoms with Crippen molar-refractivity contribution in [2.75, 3.05) is 0 Å². The zero-order valence-corrected chi connectivity index (χ0v) is 18.5. The van der Waals surface area contributed by atoms with Crippen LogP contribution in [0.25, 0.3) is 44.3 Å². The molecule has 0 spiro atoms. The summed E-state index contributed by atoms with van der Waals surface area (Å²) in [5.74, 6) is 0.428. The first-order chi connectivity index (χ1) is 14.9. The van der Waals surface area contributed by atoms with Gasteiger partial charge in [0.15, 0.2) is 0 Å². The summed E-state index contributed by atoms with van der Waals surface area (Å²) >= 11 is 0. The van der Waals surface area contributed by atoms with E-state index in [-0.39, 0.29) is 5.41 Å². The summed E-state index contributed by atoms with van der Waals surface area (Å²) in [5, 5.41) is 2.26. The van der Waals surface area contributed by atoms with Crippen molar-refractivity contribution in [1.82, 2.24) is 4.98 Å². The van der Waals surface area contributed by atoms with Crippen molar-refractivity contribution in [2.24, 2.45) is 5.41 Å². The summed E-state index contributed by atoms with van der Waals surface area (Å²) in [6.07, 6.45) is 1.92. The number of aromatic nitrogens is 1. The molecule has 1 unspecified atom stereocenters. The number of nitrogens with zero attached hydrogens (tertiary/aromatic N) is 1. The second kappa shape index (κ2) is 7.39. The number of benzene rings is 3. The van der Waals surface area contributed by atoms with E-state index in [4.69, 9.17) is 9.40 Å². The second-order valence-corrected chi connectivity index (χ2v) is 9.42. The number of para-hydroxylation sites is 1. The number of rotatable bonds is 3. The molecule has 154 valence electrons. The monoisotopic (exact) mass is 405 g/mol. The molecule has 0 aliphatic carbocycles. The second-order valence-electron chi connectivity index (χ2n) is 9.42. The summed E-state index contributed by atoms with van der Waals surface area (Å²) < 4.78 is 6.43. The fourth-order valence-electron chi connectivity index (χ4n) is 4.17. The molecule has 0 aliphatic rings. The smallest absolute Gasteiger partial charge is 0.144 e. The van der Waals surface area contributed by atoms with Gasteiger partial charge >= 0.3 is 0 Å². The van der Waals surface area contributed by atoms with E-state index < -0.39 is 0 Å². The van der Waals surface area contributed by atoms with Gasteiger partial charge in [0.2, 0.25) is 0 Å². The van der Waals surface area contributed by atoms with Crippen LogP contribution in [-0.2, 0) is 0 Å². The molecule has 0 saturated heterocycles. The van der Waals surface area contributed by atoms with Gasteiger partial charge in [-0.2, -0.15) is 0 Å². The number of hydrogen-bond donors (Lipinski definition) is 0. The van der Waals surface area contributed by atoms with Crippen molar-refractivity contribution in [1.29, 1.82) is 0 Å². The molecule has 2 heterocycles. The maximum absolute atomic E-state index is 6.43. The average Bonchev–Trinajstić information content (AvgIpc) is 3.16. The predicted molar refractivity (Wildman–Crippen MR) is 130 cm³/mol. The summed E-state index contributed by atoms with van der Waals surface area (Å²) in [4.78, 5) is 4.70. The van der Waals surface area contributed by atoms with Crippen LogP contribution in [0.15, 0.2) is 89.5 Å². The zero-order valence-electron chi connectivity index (χ0n) is 18.5. The first-order valence-corrected chi connectivity index (χ1v) is 10.9. The van der Waals surface area contributed by atoms with Crippen LogP contribution < -0.4 is 0 Å². The van der Waals surface area contributed by atoms with Crippen molar-refractivity contribution < 1.29 is 4.42 Å². The summed E-state index contributed by atoms with van der Waals surface area (Å²) in [6, 6.07) is 27.6. The maximum atomic E-state index is 6.43. The van der Waals surface area contributed by atoms with Crippen molar-refractivity contribution in [3.05, 3.63) is 90.6 Å². The van der Waals surface area contributed by atoms with Crippen LogP contribution in [0, 0.1) is 5.41 Å². The Labute approximate surface area is 183 Å². The molecule has 0 radical (unpaired) electrons. The third kappa shape index (κ3) is 3.53. The van der Waals surface area contributed by atoms with Crippen molar-refractivity contribution >= 4 is 21.9 Å². The Morgan fingerprint density at radius 3 is 2.35 bits per heavy atom. The van der Waals surface area contributed by atoms with Gasteiger partial charge in [0.25, 0.3) is 0 Å². The summed E-state index contributed by atoms with van der Waals surface area (Å²) in [6.45, 7) is 9.12. The molecule has 31 heavy (non-hydrogen) atoms. The van der Waals surface area contributed by atoms with Crippen LogP contribution in [0.3, 0.4) is 0 Å². The first kappa shape index (κ1) is 19.6. The molecular formula is C29H27NO. The Balaban J connectivity index is 1.65. The minimum absolute atomic E-state index is 0.192. The molecule has 0 amide bonds. The molecule has 1 atom stereocenters. The molecule has 2 aromatic heterocycles. The van der Waals surface area contributed by atoms with E-state index in [2.05, 4.69) is 100 Å². The van der Waals surface area contributed by atoms with E-state index in [0.29, 0.717) is 5.92 Å². The fraction of sp³-hybridized carbons (Fsp3) is 0.207. The van der Waals surface area contributed by atoms with Gasteiger partial charge < -0.3 is 4.42 Å². The van der Waals surface area contributed by atoms with Crippen LogP contribution in [0.5, 0.6) is 0 Å². The molecule has 3 aromatic carbocycles. The molecule has 5 rings (SSSR count). The lowest BCUT2D eigenvalue weighted by Crippen LogP contribution is -2.15. The van der Waals surface area contributed by atoms with E-state index in [1.807, 2.05) is 12.3 Å². The van der Waals surface area contributed by atoms with Crippen LogP contribution in [0.4, 0.5) is 0 Å². The predicted octanol–water partition coefficient (Wildman–Crippen LogP) is 8.46. The van der Waals surface area contributed by atoms with Gasteiger partial charge in [-0.3, -0.25) is 4.98 Å². The Bertz CT molecular complexity index is 1370.